The van der Waals surface area contributed by atoms with Crippen LogP contribution in [0.15, 0.2) is 41.0 Å². The molecule has 1 aliphatic rings. The number of carbonyl (C=O) groups excluding carboxylic acids is 2. The first-order chi connectivity index (χ1) is 13.3. The van der Waals surface area contributed by atoms with E-state index in [1.165, 1.54) is 11.2 Å². The third kappa shape index (κ3) is 5.12. The second-order valence-electron chi connectivity index (χ2n) is 7.80. The lowest BCUT2D eigenvalue weighted by atomic mass is 10.0. The van der Waals surface area contributed by atoms with Crippen molar-refractivity contribution in [3.05, 3.63) is 42.3 Å². The number of aromatic nitrogens is 1. The number of likely N-dealkylation sites (tertiary alicyclic amines) is 1. The molecule has 3 rings (SSSR count). The molecule has 28 heavy (non-hydrogen) atoms. The molecule has 2 heterocycles. The molecule has 1 aromatic heterocycles. The van der Waals surface area contributed by atoms with Crippen LogP contribution in [-0.2, 0) is 20.9 Å². The molecular weight excluding hydrogens is 360 g/mol. The van der Waals surface area contributed by atoms with Gasteiger partial charge < -0.3 is 13.9 Å². The molecule has 2 aromatic rings. The summed E-state index contributed by atoms with van der Waals surface area (Å²) in [7, 11) is 0. The maximum atomic E-state index is 12.6. The molecule has 1 amide bonds. The van der Waals surface area contributed by atoms with Crippen LogP contribution in [0.2, 0.25) is 0 Å². The Labute approximate surface area is 164 Å². The number of rotatable bonds is 4. The molecule has 150 valence electrons. The molecule has 1 atom stereocenters. The van der Waals surface area contributed by atoms with Crippen LogP contribution in [0.4, 0.5) is 4.79 Å². The molecule has 7 nitrogen and oxygen atoms in total. The van der Waals surface area contributed by atoms with Crippen molar-refractivity contribution in [2.24, 2.45) is 0 Å². The van der Waals surface area contributed by atoms with Crippen LogP contribution in [0.1, 0.15) is 45.7 Å². The van der Waals surface area contributed by atoms with Crippen LogP contribution >= 0.6 is 0 Å². The van der Waals surface area contributed by atoms with E-state index in [2.05, 4.69) is 4.98 Å². The van der Waals surface area contributed by atoms with Crippen molar-refractivity contribution in [1.82, 2.24) is 9.88 Å². The van der Waals surface area contributed by atoms with Gasteiger partial charge >= 0.3 is 12.1 Å². The summed E-state index contributed by atoms with van der Waals surface area (Å²) in [4.78, 5) is 30.8. The minimum absolute atomic E-state index is 0.00613. The van der Waals surface area contributed by atoms with Gasteiger partial charge in [-0.3, -0.25) is 4.90 Å². The zero-order valence-corrected chi connectivity index (χ0v) is 16.5. The average Bonchev–Trinajstić information content (AvgIpc) is 3.14. The van der Waals surface area contributed by atoms with Crippen LogP contribution in [0, 0.1) is 0 Å². The first kappa shape index (κ1) is 19.9. The Balaban J connectivity index is 1.60. The number of benzene rings is 1. The molecule has 0 spiro atoms. The van der Waals surface area contributed by atoms with Crippen molar-refractivity contribution in [3.8, 4) is 11.5 Å². The van der Waals surface area contributed by atoms with Gasteiger partial charge in [-0.1, -0.05) is 18.2 Å². The lowest BCUT2D eigenvalue weighted by molar-refractivity contribution is -0.152. The Morgan fingerprint density at radius 3 is 2.68 bits per heavy atom. The van der Waals surface area contributed by atoms with Gasteiger partial charge in [-0.15, -0.1) is 0 Å². The van der Waals surface area contributed by atoms with E-state index in [9.17, 15) is 9.59 Å². The van der Waals surface area contributed by atoms with Gasteiger partial charge in [0.25, 0.3) is 0 Å². The van der Waals surface area contributed by atoms with Gasteiger partial charge in [-0.2, -0.15) is 0 Å². The predicted octanol–water partition coefficient (Wildman–Crippen LogP) is 4.17. The van der Waals surface area contributed by atoms with Crippen LogP contribution < -0.4 is 0 Å². The smallest absolute Gasteiger partial charge is 0.411 e. The molecule has 0 saturated carbocycles. The SMILES string of the molecule is CC(C)(C)OC(=O)N1CCCC[C@H]1C(=O)OCc1coc(-c2ccccc2)n1. The van der Waals surface area contributed by atoms with Gasteiger partial charge in [0.1, 0.15) is 30.2 Å². The van der Waals surface area contributed by atoms with Crippen LogP contribution in [0.3, 0.4) is 0 Å². The minimum atomic E-state index is -0.635. The summed E-state index contributed by atoms with van der Waals surface area (Å²) in [6, 6.07) is 8.85. The van der Waals surface area contributed by atoms with E-state index in [0.717, 1.165) is 18.4 Å². The van der Waals surface area contributed by atoms with E-state index >= 15 is 0 Å². The van der Waals surface area contributed by atoms with Gasteiger partial charge in [0.2, 0.25) is 5.89 Å². The second kappa shape index (κ2) is 8.46. The van der Waals surface area contributed by atoms with Crippen LogP contribution in [-0.4, -0.2) is 40.1 Å². The van der Waals surface area contributed by atoms with Crippen molar-refractivity contribution in [2.75, 3.05) is 6.54 Å². The number of esters is 1. The summed E-state index contributed by atoms with van der Waals surface area (Å²) >= 11 is 0. The molecule has 0 bridgehead atoms. The standard InChI is InChI=1S/C21H26N2O5/c1-21(2,3)28-20(25)23-12-8-7-11-17(23)19(24)27-14-16-13-26-18(22-16)15-9-5-4-6-10-15/h4-6,9-10,13,17H,7-8,11-12,14H2,1-3H3/t17-/m0/s1. The number of piperidine rings is 1. The molecule has 0 N–H and O–H groups in total. The monoisotopic (exact) mass is 386 g/mol. The predicted molar refractivity (Wildman–Crippen MR) is 102 cm³/mol. The number of oxazole rings is 1. The van der Waals surface area contributed by atoms with E-state index in [1.54, 1.807) is 20.8 Å². The largest absolute Gasteiger partial charge is 0.458 e. The van der Waals surface area contributed by atoms with E-state index in [1.807, 2.05) is 30.3 Å². The normalized spacial score (nSPS) is 17.2. The van der Waals surface area contributed by atoms with Crippen molar-refractivity contribution in [2.45, 2.75) is 58.3 Å². The number of hydrogen-bond donors (Lipinski definition) is 0. The average molecular weight is 386 g/mol. The van der Waals surface area contributed by atoms with Gasteiger partial charge in [-0.05, 0) is 52.2 Å². The molecule has 0 aliphatic carbocycles. The van der Waals surface area contributed by atoms with Crippen molar-refractivity contribution in [1.29, 1.82) is 0 Å². The summed E-state index contributed by atoms with van der Waals surface area (Å²) < 4.78 is 16.3. The topological polar surface area (TPSA) is 81.9 Å². The lowest BCUT2D eigenvalue weighted by Crippen LogP contribution is -2.50. The molecular formula is C21H26N2O5. The fraction of sp³-hybridized carbons (Fsp3) is 0.476. The highest BCUT2D eigenvalue weighted by molar-refractivity contribution is 5.81. The number of nitrogens with zero attached hydrogens (tertiary/aromatic N) is 2. The summed E-state index contributed by atoms with van der Waals surface area (Å²) in [6.07, 6.45) is 3.25. The molecule has 1 aliphatic heterocycles. The Hall–Kier alpha value is -2.83. The summed E-state index contributed by atoms with van der Waals surface area (Å²) in [5.74, 6) is 0.0227. The fourth-order valence-electron chi connectivity index (χ4n) is 3.04. The molecule has 1 aromatic carbocycles. The second-order valence-corrected chi connectivity index (χ2v) is 7.80. The van der Waals surface area contributed by atoms with Crippen LogP contribution in [0.25, 0.3) is 11.5 Å². The number of carbonyl (C=O) groups is 2. The Morgan fingerprint density at radius 1 is 1.21 bits per heavy atom. The summed E-state index contributed by atoms with van der Waals surface area (Å²) in [6.45, 7) is 5.88. The van der Waals surface area contributed by atoms with Gasteiger partial charge in [0, 0.05) is 12.1 Å². The first-order valence-electron chi connectivity index (χ1n) is 9.49. The molecule has 1 saturated heterocycles. The molecule has 0 unspecified atom stereocenters. The van der Waals surface area contributed by atoms with E-state index < -0.39 is 23.7 Å². The zero-order valence-electron chi connectivity index (χ0n) is 16.5. The van der Waals surface area contributed by atoms with Crippen LogP contribution in [0.5, 0.6) is 0 Å². The Morgan fingerprint density at radius 2 is 1.96 bits per heavy atom. The van der Waals surface area contributed by atoms with Crippen molar-refractivity contribution >= 4 is 12.1 Å². The van der Waals surface area contributed by atoms with E-state index in [4.69, 9.17) is 13.9 Å². The maximum absolute atomic E-state index is 12.6. The third-order valence-corrected chi connectivity index (χ3v) is 4.34. The highest BCUT2D eigenvalue weighted by atomic mass is 16.6. The number of amides is 1. The van der Waals surface area contributed by atoms with Gasteiger partial charge in [-0.25, -0.2) is 14.6 Å². The fourth-order valence-corrected chi connectivity index (χ4v) is 3.04. The van der Waals surface area contributed by atoms with Gasteiger partial charge in [0.15, 0.2) is 0 Å². The van der Waals surface area contributed by atoms with Gasteiger partial charge in [0.05, 0.1) is 0 Å². The first-order valence-corrected chi connectivity index (χ1v) is 9.49. The highest BCUT2D eigenvalue weighted by Gasteiger charge is 2.35. The Bertz CT molecular complexity index is 810. The van der Waals surface area contributed by atoms with E-state index in [-0.39, 0.29) is 6.61 Å². The molecule has 1 fully saturated rings. The summed E-state index contributed by atoms with van der Waals surface area (Å²) in [5.41, 5.74) is 0.757. The highest BCUT2D eigenvalue weighted by Crippen LogP contribution is 2.22. The number of hydrogen-bond acceptors (Lipinski definition) is 6. The summed E-state index contributed by atoms with van der Waals surface area (Å²) in [5, 5.41) is 0. The molecule has 0 radical (unpaired) electrons. The van der Waals surface area contributed by atoms with Crippen molar-refractivity contribution < 1.29 is 23.5 Å². The lowest BCUT2D eigenvalue weighted by Gasteiger charge is -2.35. The van der Waals surface area contributed by atoms with E-state index in [0.29, 0.717) is 24.6 Å². The number of ether oxygens (including phenoxy) is 2. The van der Waals surface area contributed by atoms with Crippen molar-refractivity contribution in [3.63, 3.8) is 0 Å². The quantitative estimate of drug-likeness (QED) is 0.734. The zero-order chi connectivity index (χ0) is 20.1. The Kier molecular flexibility index (Phi) is 6.02. The third-order valence-electron chi connectivity index (χ3n) is 4.34. The maximum Gasteiger partial charge on any atom is 0.411 e. The minimum Gasteiger partial charge on any atom is -0.458 e. The molecule has 7 heteroatoms.